The lowest BCUT2D eigenvalue weighted by Crippen LogP contribution is -2.40. The van der Waals surface area contributed by atoms with E-state index in [1.165, 1.54) is 0 Å². The van der Waals surface area contributed by atoms with Gasteiger partial charge in [0.05, 0.1) is 16.8 Å². The Morgan fingerprint density at radius 1 is 1.17 bits per heavy atom. The average molecular weight is 254 g/mol. The first-order chi connectivity index (χ1) is 8.04. The molecule has 0 aliphatic heterocycles. The maximum absolute atomic E-state index is 10.6. The van der Waals surface area contributed by atoms with Crippen molar-refractivity contribution < 1.29 is 15.3 Å². The van der Waals surface area contributed by atoms with Gasteiger partial charge in [-0.15, -0.1) is 0 Å². The summed E-state index contributed by atoms with van der Waals surface area (Å²) in [5.41, 5.74) is -1.45. The molecule has 0 unspecified atom stereocenters. The van der Waals surface area contributed by atoms with E-state index in [1.54, 1.807) is 13.8 Å². The van der Waals surface area contributed by atoms with Crippen molar-refractivity contribution >= 4 is 0 Å². The third-order valence-electron chi connectivity index (χ3n) is 4.98. The topological polar surface area (TPSA) is 60.7 Å². The molecule has 2 aliphatic rings. The predicted octanol–water partition coefficient (Wildman–Crippen LogP) is 2.01. The van der Waals surface area contributed by atoms with Gasteiger partial charge in [0.1, 0.15) is 0 Å². The van der Waals surface area contributed by atoms with E-state index in [9.17, 15) is 15.3 Å². The molecule has 0 saturated heterocycles. The van der Waals surface area contributed by atoms with Crippen LogP contribution in [0.25, 0.3) is 0 Å². The average Bonchev–Trinajstić information content (AvgIpc) is 2.37. The normalized spacial score (nSPS) is 45.4. The fourth-order valence-corrected chi connectivity index (χ4v) is 3.60. The number of aliphatic hydroxyl groups is 3. The molecule has 3 heteroatoms. The van der Waals surface area contributed by atoms with Gasteiger partial charge < -0.3 is 15.3 Å². The third kappa shape index (κ3) is 2.36. The van der Waals surface area contributed by atoms with Gasteiger partial charge in [0.25, 0.3) is 0 Å². The van der Waals surface area contributed by atoms with Gasteiger partial charge in [0, 0.05) is 5.92 Å². The summed E-state index contributed by atoms with van der Waals surface area (Å²) in [4.78, 5) is 0. The second-order valence-electron chi connectivity index (χ2n) is 7.14. The smallest absolute Gasteiger partial charge is 0.0800 e. The molecule has 18 heavy (non-hydrogen) atoms. The molecule has 4 atom stereocenters. The van der Waals surface area contributed by atoms with E-state index < -0.39 is 16.8 Å². The molecule has 0 aromatic rings. The Bertz CT molecular complexity index is 360. The van der Waals surface area contributed by atoms with Crippen molar-refractivity contribution in [3.63, 3.8) is 0 Å². The second-order valence-corrected chi connectivity index (χ2v) is 7.14. The Morgan fingerprint density at radius 2 is 1.78 bits per heavy atom. The van der Waals surface area contributed by atoms with Crippen LogP contribution in [-0.4, -0.2) is 32.1 Å². The highest BCUT2D eigenvalue weighted by atomic mass is 16.3. The molecule has 1 fully saturated rings. The van der Waals surface area contributed by atoms with Gasteiger partial charge in [-0.2, -0.15) is 0 Å². The zero-order valence-corrected chi connectivity index (χ0v) is 11.9. The summed E-state index contributed by atoms with van der Waals surface area (Å²) in [6, 6.07) is 0. The summed E-state index contributed by atoms with van der Waals surface area (Å²) >= 11 is 0. The first-order valence-electron chi connectivity index (χ1n) is 6.92. The Labute approximate surface area is 110 Å². The van der Waals surface area contributed by atoms with Gasteiger partial charge in [-0.05, 0) is 64.9 Å². The lowest BCUT2D eigenvalue weighted by Gasteiger charge is -2.34. The van der Waals surface area contributed by atoms with Gasteiger partial charge in [-0.25, -0.2) is 0 Å². The van der Waals surface area contributed by atoms with Crippen molar-refractivity contribution in [2.75, 3.05) is 0 Å². The van der Waals surface area contributed by atoms with Gasteiger partial charge >= 0.3 is 0 Å². The van der Waals surface area contributed by atoms with Crippen molar-refractivity contribution in [2.24, 2.45) is 11.8 Å². The summed E-state index contributed by atoms with van der Waals surface area (Å²) in [6.07, 6.45) is 4.94. The van der Waals surface area contributed by atoms with Gasteiger partial charge in [-0.1, -0.05) is 6.08 Å². The molecular formula is C15H26O3. The van der Waals surface area contributed by atoms with Crippen LogP contribution in [0.2, 0.25) is 0 Å². The van der Waals surface area contributed by atoms with Crippen LogP contribution >= 0.6 is 0 Å². The Hall–Kier alpha value is -0.380. The molecule has 3 nitrogen and oxygen atoms in total. The van der Waals surface area contributed by atoms with Crippen molar-refractivity contribution in [3.8, 4) is 0 Å². The van der Waals surface area contributed by atoms with Crippen LogP contribution in [0.3, 0.4) is 0 Å². The minimum atomic E-state index is -0.871. The molecule has 1 saturated carbocycles. The highest BCUT2D eigenvalue weighted by Crippen LogP contribution is 2.50. The molecule has 0 radical (unpaired) electrons. The fourth-order valence-electron chi connectivity index (χ4n) is 3.60. The molecule has 104 valence electrons. The highest BCUT2D eigenvalue weighted by molar-refractivity contribution is 5.23. The van der Waals surface area contributed by atoms with Crippen molar-refractivity contribution in [1.29, 1.82) is 0 Å². The summed E-state index contributed by atoms with van der Waals surface area (Å²) < 4.78 is 0. The van der Waals surface area contributed by atoms with E-state index >= 15 is 0 Å². The lowest BCUT2D eigenvalue weighted by molar-refractivity contribution is -0.0420. The van der Waals surface area contributed by atoms with Gasteiger partial charge in [-0.3, -0.25) is 0 Å². The zero-order valence-electron chi connectivity index (χ0n) is 11.9. The predicted molar refractivity (Wildman–Crippen MR) is 71.1 cm³/mol. The molecule has 0 amide bonds. The zero-order chi connectivity index (χ0) is 13.8. The van der Waals surface area contributed by atoms with Crippen LogP contribution in [0.5, 0.6) is 0 Å². The molecule has 0 aromatic carbocycles. The molecular weight excluding hydrogens is 228 g/mol. The van der Waals surface area contributed by atoms with E-state index in [4.69, 9.17) is 0 Å². The first-order valence-corrected chi connectivity index (χ1v) is 6.92. The maximum Gasteiger partial charge on any atom is 0.0800 e. The summed E-state index contributed by atoms with van der Waals surface area (Å²) in [7, 11) is 0. The molecule has 0 spiro atoms. The van der Waals surface area contributed by atoms with Gasteiger partial charge in [0.2, 0.25) is 0 Å². The van der Waals surface area contributed by atoms with Crippen LogP contribution < -0.4 is 0 Å². The largest absolute Gasteiger partial charge is 0.390 e. The number of hydrogen-bond donors (Lipinski definition) is 3. The molecule has 0 bridgehead atoms. The summed E-state index contributed by atoms with van der Waals surface area (Å²) in [5.74, 6) is 0.0313. The SMILES string of the molecule is CC(C)(O)C1=C[C@H]2[C@H](CC[C@@]2(C)O)[C@@](C)(O)CC1. The number of fused-ring (bicyclic) bond motifs is 1. The van der Waals surface area contributed by atoms with Crippen molar-refractivity contribution in [1.82, 2.24) is 0 Å². The Morgan fingerprint density at radius 3 is 2.33 bits per heavy atom. The number of hydrogen-bond acceptors (Lipinski definition) is 3. The minimum Gasteiger partial charge on any atom is -0.390 e. The summed E-state index contributed by atoms with van der Waals surface area (Å²) in [5, 5.41) is 31.3. The van der Waals surface area contributed by atoms with Crippen molar-refractivity contribution in [3.05, 3.63) is 11.6 Å². The lowest BCUT2D eigenvalue weighted by atomic mass is 9.77. The maximum atomic E-state index is 10.6. The van der Waals surface area contributed by atoms with Crippen LogP contribution in [0, 0.1) is 11.8 Å². The number of rotatable bonds is 1. The molecule has 0 aromatic heterocycles. The van der Waals surface area contributed by atoms with Crippen molar-refractivity contribution in [2.45, 2.75) is 70.2 Å². The first kappa shape index (κ1) is 14.0. The monoisotopic (exact) mass is 254 g/mol. The van der Waals surface area contributed by atoms with E-state index in [-0.39, 0.29) is 11.8 Å². The second kappa shape index (κ2) is 4.06. The molecule has 2 rings (SSSR count). The van der Waals surface area contributed by atoms with Crippen LogP contribution in [0.4, 0.5) is 0 Å². The Balaban J connectivity index is 2.41. The van der Waals surface area contributed by atoms with Crippen LogP contribution in [-0.2, 0) is 0 Å². The van der Waals surface area contributed by atoms with E-state index in [1.807, 2.05) is 19.9 Å². The van der Waals surface area contributed by atoms with E-state index in [0.717, 1.165) is 12.0 Å². The summed E-state index contributed by atoms with van der Waals surface area (Å²) in [6.45, 7) is 7.26. The highest BCUT2D eigenvalue weighted by Gasteiger charge is 2.51. The van der Waals surface area contributed by atoms with Crippen LogP contribution in [0.15, 0.2) is 11.6 Å². The molecule has 2 aliphatic carbocycles. The standard InChI is InChI=1S/C15H26O3/c1-13(2,16)10-5-7-14(3,17)11-6-8-15(4,18)12(11)9-10/h9,11-12,16-18H,5-8H2,1-4H3/t11-,12-,14-,15+/m0/s1. The van der Waals surface area contributed by atoms with E-state index in [2.05, 4.69) is 0 Å². The van der Waals surface area contributed by atoms with Crippen LogP contribution in [0.1, 0.15) is 53.4 Å². The molecule has 0 heterocycles. The fraction of sp³-hybridized carbons (Fsp3) is 0.867. The Kier molecular flexibility index (Phi) is 3.16. The third-order valence-corrected chi connectivity index (χ3v) is 4.98. The van der Waals surface area contributed by atoms with Gasteiger partial charge in [0.15, 0.2) is 0 Å². The quantitative estimate of drug-likeness (QED) is 0.627. The molecule has 3 N–H and O–H groups in total. The van der Waals surface area contributed by atoms with E-state index in [0.29, 0.717) is 19.3 Å². The minimum absolute atomic E-state index is 0.0589.